The fourth-order valence-corrected chi connectivity index (χ4v) is 5.81. The van der Waals surface area contributed by atoms with Gasteiger partial charge in [-0.15, -0.1) is 0 Å². The summed E-state index contributed by atoms with van der Waals surface area (Å²) in [6.45, 7) is 12.4. The molecular formula is C29H38FN3O5. The van der Waals surface area contributed by atoms with Gasteiger partial charge in [0, 0.05) is 19.1 Å². The zero-order valence-electron chi connectivity index (χ0n) is 23.2. The Balaban J connectivity index is 1.54. The zero-order chi connectivity index (χ0) is 27.5. The molecule has 2 aromatic rings. The number of halogens is 1. The summed E-state index contributed by atoms with van der Waals surface area (Å²) in [5, 5.41) is 0. The Morgan fingerprint density at radius 3 is 2.42 bits per heavy atom. The number of carbonyl (C=O) groups excluding carboxylic acids is 2. The summed E-state index contributed by atoms with van der Waals surface area (Å²) in [6.07, 6.45) is 4.70. The molecule has 0 radical (unpaired) electrons. The van der Waals surface area contributed by atoms with Crippen LogP contribution >= 0.6 is 0 Å². The lowest BCUT2D eigenvalue weighted by atomic mass is 10.0. The van der Waals surface area contributed by atoms with Crippen LogP contribution in [0.2, 0.25) is 0 Å². The molecule has 3 aliphatic rings. The van der Waals surface area contributed by atoms with E-state index in [9.17, 15) is 14.4 Å². The van der Waals surface area contributed by atoms with Gasteiger partial charge in [0.25, 0.3) is 5.56 Å². The summed E-state index contributed by atoms with van der Waals surface area (Å²) < 4.78 is 27.9. The van der Waals surface area contributed by atoms with E-state index in [1.807, 2.05) is 37.5 Å². The normalized spacial score (nSPS) is 21.6. The average molecular weight is 528 g/mol. The quantitative estimate of drug-likeness (QED) is 0.491. The minimum Gasteiger partial charge on any atom is -0.462 e. The van der Waals surface area contributed by atoms with E-state index in [2.05, 4.69) is 6.92 Å². The van der Waals surface area contributed by atoms with Gasteiger partial charge in [-0.1, -0.05) is 6.92 Å². The highest BCUT2D eigenvalue weighted by molar-refractivity contribution is 5.90. The number of amides is 1. The molecule has 38 heavy (non-hydrogen) atoms. The van der Waals surface area contributed by atoms with Crippen molar-refractivity contribution in [1.29, 1.82) is 0 Å². The van der Waals surface area contributed by atoms with Crippen molar-refractivity contribution in [2.75, 3.05) is 24.6 Å². The van der Waals surface area contributed by atoms with Gasteiger partial charge in [0.1, 0.15) is 11.2 Å². The smallest absolute Gasteiger partial charge is 0.410 e. The molecule has 0 aromatic carbocycles. The molecule has 2 atom stereocenters. The van der Waals surface area contributed by atoms with Crippen LogP contribution in [0.25, 0.3) is 5.52 Å². The van der Waals surface area contributed by atoms with E-state index in [0.29, 0.717) is 29.9 Å². The second kappa shape index (κ2) is 9.58. The summed E-state index contributed by atoms with van der Waals surface area (Å²) in [7, 11) is 0. The predicted molar refractivity (Wildman–Crippen MR) is 143 cm³/mol. The lowest BCUT2D eigenvalue weighted by molar-refractivity contribution is 0.0122. The molecule has 2 saturated carbocycles. The summed E-state index contributed by atoms with van der Waals surface area (Å²) in [5.41, 5.74) is 1.42. The summed E-state index contributed by atoms with van der Waals surface area (Å²) in [5.74, 6) is -0.884. The Hall–Kier alpha value is -3.10. The number of hydrogen-bond acceptors (Lipinski definition) is 6. The van der Waals surface area contributed by atoms with Crippen LogP contribution in [-0.2, 0) is 9.47 Å². The fraction of sp³-hybridized carbons (Fsp3) is 0.621. The van der Waals surface area contributed by atoms with Crippen molar-refractivity contribution in [2.45, 2.75) is 90.8 Å². The lowest BCUT2D eigenvalue weighted by Crippen LogP contribution is -2.48. The van der Waals surface area contributed by atoms with Crippen molar-refractivity contribution < 1.29 is 23.5 Å². The van der Waals surface area contributed by atoms with E-state index in [0.717, 1.165) is 31.2 Å². The molecule has 0 spiro atoms. The topological polar surface area (TPSA) is 80.6 Å². The number of pyridine rings is 2. The molecule has 1 amide bonds. The Bertz CT molecular complexity index is 1340. The SMILES string of the molecule is CCOC(=O)c1cc(C2CC2)c2c(C)c(N3CC(C)C(N(C(=O)OC(C)(C)C)C4CC4)C3)c(F)cn2c1=O. The highest BCUT2D eigenvalue weighted by atomic mass is 19.1. The molecule has 0 bridgehead atoms. The standard InChI is InChI=1S/C29H38FN3O5/c1-7-37-27(35)21-12-20(18-8-9-18)24-17(3)25(22(30)14-32(24)26(21)34)31-13-16(2)23(15-31)33(19-10-11-19)28(36)38-29(4,5)6/h12,14,16,18-19,23H,7-11,13,15H2,1-6H3. The minimum atomic E-state index is -0.686. The average Bonchev–Trinajstić information content (AvgIpc) is 3.73. The van der Waals surface area contributed by atoms with E-state index in [1.165, 1.54) is 10.6 Å². The molecule has 3 fully saturated rings. The maximum atomic E-state index is 15.8. The van der Waals surface area contributed by atoms with Crippen molar-refractivity contribution in [3.05, 3.63) is 45.1 Å². The third-order valence-electron chi connectivity index (χ3n) is 7.75. The minimum absolute atomic E-state index is 0.0647. The maximum absolute atomic E-state index is 15.8. The number of carbonyl (C=O) groups is 2. The second-order valence-corrected chi connectivity index (χ2v) is 12.1. The number of hydrogen-bond donors (Lipinski definition) is 0. The van der Waals surface area contributed by atoms with Gasteiger partial charge >= 0.3 is 12.1 Å². The van der Waals surface area contributed by atoms with Crippen molar-refractivity contribution in [3.8, 4) is 0 Å². The van der Waals surface area contributed by atoms with Gasteiger partial charge in [-0.25, -0.2) is 14.0 Å². The highest BCUT2D eigenvalue weighted by Crippen LogP contribution is 2.44. The van der Waals surface area contributed by atoms with Crippen molar-refractivity contribution in [3.63, 3.8) is 0 Å². The number of esters is 1. The number of anilines is 1. The van der Waals surface area contributed by atoms with Gasteiger partial charge < -0.3 is 19.3 Å². The van der Waals surface area contributed by atoms with Crippen LogP contribution in [0, 0.1) is 18.7 Å². The van der Waals surface area contributed by atoms with Crippen molar-refractivity contribution in [1.82, 2.24) is 9.30 Å². The molecule has 2 unspecified atom stereocenters. The number of fused-ring (bicyclic) bond motifs is 1. The number of ether oxygens (including phenoxy) is 2. The van der Waals surface area contributed by atoms with Crippen LogP contribution in [0.3, 0.4) is 0 Å². The number of rotatable bonds is 6. The van der Waals surface area contributed by atoms with Crippen LogP contribution < -0.4 is 10.5 Å². The molecule has 2 aliphatic carbocycles. The van der Waals surface area contributed by atoms with Crippen molar-refractivity contribution >= 4 is 23.3 Å². The van der Waals surface area contributed by atoms with Gasteiger partial charge in [-0.2, -0.15) is 0 Å². The van der Waals surface area contributed by atoms with E-state index in [4.69, 9.17) is 9.47 Å². The molecule has 2 aromatic heterocycles. The van der Waals surface area contributed by atoms with Crippen LogP contribution in [0.15, 0.2) is 17.1 Å². The van der Waals surface area contributed by atoms with Crippen LogP contribution in [0.4, 0.5) is 14.9 Å². The van der Waals surface area contributed by atoms with Gasteiger partial charge in [0.05, 0.1) is 30.0 Å². The van der Waals surface area contributed by atoms with E-state index in [-0.39, 0.29) is 42.2 Å². The van der Waals surface area contributed by atoms with Crippen LogP contribution in [-0.4, -0.2) is 58.7 Å². The third kappa shape index (κ3) is 4.87. The first-order valence-electron chi connectivity index (χ1n) is 13.7. The number of nitrogens with zero attached hydrogens (tertiary/aromatic N) is 3. The molecule has 1 aliphatic heterocycles. The highest BCUT2D eigenvalue weighted by Gasteiger charge is 2.45. The maximum Gasteiger partial charge on any atom is 0.410 e. The molecule has 8 nitrogen and oxygen atoms in total. The molecule has 5 rings (SSSR count). The number of aryl methyl sites for hydroxylation is 1. The van der Waals surface area contributed by atoms with E-state index >= 15 is 4.39 Å². The third-order valence-corrected chi connectivity index (χ3v) is 7.75. The van der Waals surface area contributed by atoms with E-state index in [1.54, 1.807) is 13.0 Å². The summed E-state index contributed by atoms with van der Waals surface area (Å²) in [4.78, 5) is 42.8. The van der Waals surface area contributed by atoms with Crippen LogP contribution in [0.1, 0.15) is 87.7 Å². The monoisotopic (exact) mass is 527 g/mol. The Labute approximate surface area is 222 Å². The lowest BCUT2D eigenvalue weighted by Gasteiger charge is -2.33. The molecular weight excluding hydrogens is 489 g/mol. The fourth-order valence-electron chi connectivity index (χ4n) is 5.81. The first-order valence-corrected chi connectivity index (χ1v) is 13.7. The molecule has 0 N–H and O–H groups in total. The van der Waals surface area contributed by atoms with Gasteiger partial charge in [0.15, 0.2) is 5.82 Å². The Morgan fingerprint density at radius 1 is 1.16 bits per heavy atom. The second-order valence-electron chi connectivity index (χ2n) is 12.1. The van der Waals surface area contributed by atoms with E-state index < -0.39 is 22.9 Å². The Morgan fingerprint density at radius 2 is 1.84 bits per heavy atom. The van der Waals surface area contributed by atoms with Gasteiger partial charge in [0.2, 0.25) is 0 Å². The zero-order valence-corrected chi connectivity index (χ0v) is 23.2. The summed E-state index contributed by atoms with van der Waals surface area (Å²) in [6, 6.07) is 1.69. The first-order chi connectivity index (χ1) is 17.9. The number of aromatic nitrogens is 1. The van der Waals surface area contributed by atoms with Gasteiger partial charge in [-0.3, -0.25) is 9.20 Å². The largest absolute Gasteiger partial charge is 0.462 e. The van der Waals surface area contributed by atoms with Crippen molar-refractivity contribution in [2.24, 2.45) is 5.92 Å². The molecule has 206 valence electrons. The molecule has 1 saturated heterocycles. The predicted octanol–water partition coefficient (Wildman–Crippen LogP) is 5.03. The Kier molecular flexibility index (Phi) is 6.68. The summed E-state index contributed by atoms with van der Waals surface area (Å²) >= 11 is 0. The van der Waals surface area contributed by atoms with Gasteiger partial charge in [-0.05, 0) is 89.3 Å². The molecule has 3 heterocycles. The molecule has 9 heteroatoms. The van der Waals surface area contributed by atoms with Crippen LogP contribution in [0.5, 0.6) is 0 Å². The first kappa shape index (κ1) is 26.5.